The van der Waals surface area contributed by atoms with Crippen LogP contribution in [-0.2, 0) is 25.8 Å². The Morgan fingerprint density at radius 2 is 0.840 bits per heavy atom. The molecule has 0 atom stereocenters. The summed E-state index contributed by atoms with van der Waals surface area (Å²) in [7, 11) is 0. The maximum atomic E-state index is 3.97. The van der Waals surface area contributed by atoms with E-state index in [0.717, 1.165) is 39.3 Å². The summed E-state index contributed by atoms with van der Waals surface area (Å²) in [6, 6.07) is 8.76. The molecule has 0 N–H and O–H groups in total. The van der Waals surface area contributed by atoms with Gasteiger partial charge in [-0.2, -0.15) is 39.3 Å². The molecule has 146 valence electrons. The minimum atomic E-state index is -1.44. The minimum Gasteiger partial charge on any atom is 4.00 e. The van der Waals surface area contributed by atoms with Gasteiger partial charge in [0.15, 0.2) is 0 Å². The summed E-state index contributed by atoms with van der Waals surface area (Å²) in [5, 5.41) is 11.9. The van der Waals surface area contributed by atoms with Crippen molar-refractivity contribution < 1.29 is 25.8 Å². The maximum absolute atomic E-state index is 3.97. The molecule has 0 fully saturated rings. The molecule has 1 aromatic carbocycles. The van der Waals surface area contributed by atoms with Crippen LogP contribution in [0.5, 0.6) is 0 Å². The van der Waals surface area contributed by atoms with E-state index in [1.165, 1.54) is 0 Å². The summed E-state index contributed by atoms with van der Waals surface area (Å²) in [5.74, 6) is 7.24. The van der Waals surface area contributed by atoms with Gasteiger partial charge in [0, 0.05) is 0 Å². The van der Waals surface area contributed by atoms with Crippen molar-refractivity contribution in [2.24, 2.45) is 0 Å². The van der Waals surface area contributed by atoms with E-state index in [2.05, 4.69) is 57.5 Å². The van der Waals surface area contributed by atoms with Crippen molar-refractivity contribution in [2.75, 3.05) is 39.3 Å². The molecule has 0 bridgehead atoms. The van der Waals surface area contributed by atoms with Gasteiger partial charge in [-0.05, 0) is 0 Å². The first-order chi connectivity index (χ1) is 11.3. The number of hydrogen-bond acceptors (Lipinski definition) is 0. The van der Waals surface area contributed by atoms with Crippen molar-refractivity contribution in [3.05, 3.63) is 40.2 Å². The average Bonchev–Trinajstić information content (AvgIpc) is 3.06. The predicted molar refractivity (Wildman–Crippen MR) is 118 cm³/mol. The summed E-state index contributed by atoms with van der Waals surface area (Å²) < 4.78 is 1.61. The maximum Gasteiger partial charge on any atom is 4.00 e. The van der Waals surface area contributed by atoms with E-state index in [-0.39, 0.29) is 25.8 Å². The number of hydrogen-bond donors (Lipinski definition) is 0. The third kappa shape index (κ3) is 32.7. The molecule has 0 aliphatic rings. The van der Waals surface area contributed by atoms with Crippen LogP contribution in [0.2, 0.25) is 17.3 Å². The summed E-state index contributed by atoms with van der Waals surface area (Å²) in [4.78, 5) is 0. The molecule has 1 aromatic rings. The number of nitrogens with zero attached hydrogens (tertiary/aromatic N) is 3. The standard InChI is InChI=1S/C8H13Ge.3C4H10N.Hf/c1-9(2,3)8-6-4-5-7-8;3*1-3-5-4-2;/h4-7H,1-3H3;3*3-4H2,1-2H3;/q4*-1;+4. The van der Waals surface area contributed by atoms with Gasteiger partial charge in [0.1, 0.15) is 0 Å². The Kier molecular flexibility index (Phi) is 35.7. The molecule has 0 unspecified atom stereocenters. The quantitative estimate of drug-likeness (QED) is 0.276. The largest absolute Gasteiger partial charge is 4.00 e. The zero-order chi connectivity index (χ0) is 19.3. The Morgan fingerprint density at radius 3 is 0.920 bits per heavy atom. The zero-order valence-electron chi connectivity index (χ0n) is 18.4. The molecule has 5 heteroatoms. The fourth-order valence-corrected chi connectivity index (χ4v) is 4.05. The van der Waals surface area contributed by atoms with Gasteiger partial charge < -0.3 is 16.0 Å². The van der Waals surface area contributed by atoms with Crippen LogP contribution >= 0.6 is 0 Å². The molecule has 0 saturated heterocycles. The smallest absolute Gasteiger partial charge is 4.00 e. The van der Waals surface area contributed by atoms with Crippen LogP contribution < -0.4 is 4.40 Å². The van der Waals surface area contributed by atoms with Crippen LogP contribution in [0.4, 0.5) is 0 Å². The Bertz CT molecular complexity index is 278. The molecule has 25 heavy (non-hydrogen) atoms. The van der Waals surface area contributed by atoms with Crippen LogP contribution in [0.25, 0.3) is 16.0 Å². The van der Waals surface area contributed by atoms with Crippen molar-refractivity contribution in [2.45, 2.75) is 58.8 Å². The molecule has 0 aromatic heterocycles. The Balaban J connectivity index is -0.000000122. The van der Waals surface area contributed by atoms with E-state index in [1.807, 2.05) is 41.5 Å². The van der Waals surface area contributed by atoms with E-state index in [4.69, 9.17) is 0 Å². The molecule has 0 heterocycles. The van der Waals surface area contributed by atoms with Crippen LogP contribution in [0.3, 0.4) is 0 Å². The molecule has 0 aliphatic heterocycles. The molecule has 3 nitrogen and oxygen atoms in total. The summed E-state index contributed by atoms with van der Waals surface area (Å²) in [6.07, 6.45) is 0. The molecular formula is C20H43GeHfN3. The monoisotopic (exact) mass is 579 g/mol. The second-order valence-corrected chi connectivity index (χ2v) is 16.6. The second kappa shape index (κ2) is 26.9. The predicted octanol–water partition coefficient (Wildman–Crippen LogP) is 6.15. The van der Waals surface area contributed by atoms with Crippen LogP contribution in [0, 0.1) is 0 Å². The fourth-order valence-electron chi connectivity index (χ4n) is 1.54. The van der Waals surface area contributed by atoms with Gasteiger partial charge >= 0.3 is 85.0 Å². The molecule has 0 aliphatic carbocycles. The Hall–Kier alpha value is 0.643. The van der Waals surface area contributed by atoms with E-state index >= 15 is 0 Å². The molecule has 1 rings (SSSR count). The van der Waals surface area contributed by atoms with Crippen molar-refractivity contribution in [1.82, 2.24) is 0 Å². The topological polar surface area (TPSA) is 42.3 Å². The fraction of sp³-hybridized carbons (Fsp3) is 0.750. The van der Waals surface area contributed by atoms with E-state index in [1.54, 1.807) is 4.40 Å². The van der Waals surface area contributed by atoms with Crippen molar-refractivity contribution >= 4 is 17.7 Å². The van der Waals surface area contributed by atoms with E-state index in [0.29, 0.717) is 0 Å². The van der Waals surface area contributed by atoms with Crippen LogP contribution in [-0.4, -0.2) is 52.5 Å². The molecule has 0 amide bonds. The Morgan fingerprint density at radius 1 is 0.600 bits per heavy atom. The van der Waals surface area contributed by atoms with Gasteiger partial charge in [0.2, 0.25) is 0 Å². The molecule has 0 spiro atoms. The summed E-state index contributed by atoms with van der Waals surface area (Å²) in [6.45, 7) is 18.1. The van der Waals surface area contributed by atoms with Crippen molar-refractivity contribution in [1.29, 1.82) is 0 Å². The van der Waals surface area contributed by atoms with E-state index in [9.17, 15) is 0 Å². The minimum absolute atomic E-state index is 0. The summed E-state index contributed by atoms with van der Waals surface area (Å²) >= 11 is -1.44. The normalized spacial score (nSPS) is 9.32. The van der Waals surface area contributed by atoms with Crippen molar-refractivity contribution in [3.8, 4) is 0 Å². The SMILES string of the molecule is CC[N-]CC.CC[N-]CC.CC[N-]CC.[CH3][Ge]([CH3])([CH3])[c-]1cccc1.[Hf+4]. The second-order valence-electron chi connectivity index (χ2n) is 5.99. The van der Waals surface area contributed by atoms with Gasteiger partial charge in [0.05, 0.1) is 0 Å². The average molecular weight is 577 g/mol. The first kappa shape index (κ1) is 33.2. The third-order valence-corrected chi connectivity index (χ3v) is 7.20. The number of rotatable bonds is 7. The van der Waals surface area contributed by atoms with Crippen LogP contribution in [0.1, 0.15) is 41.5 Å². The summed E-state index contributed by atoms with van der Waals surface area (Å²) in [5.41, 5.74) is 0. The van der Waals surface area contributed by atoms with Gasteiger partial charge in [-0.25, -0.2) is 0 Å². The first-order valence-corrected chi connectivity index (χ1v) is 16.8. The molecular weight excluding hydrogens is 533 g/mol. The first-order valence-electron chi connectivity index (χ1n) is 9.47. The Labute approximate surface area is 181 Å². The van der Waals surface area contributed by atoms with Crippen molar-refractivity contribution in [3.63, 3.8) is 0 Å². The van der Waals surface area contributed by atoms with Gasteiger partial charge in [-0.15, -0.1) is 0 Å². The molecule has 0 radical (unpaired) electrons. The van der Waals surface area contributed by atoms with Gasteiger partial charge in [-0.3, -0.25) is 0 Å². The van der Waals surface area contributed by atoms with Gasteiger partial charge in [0.25, 0.3) is 0 Å². The molecule has 0 saturated carbocycles. The van der Waals surface area contributed by atoms with Crippen LogP contribution in [0.15, 0.2) is 24.3 Å². The van der Waals surface area contributed by atoms with E-state index < -0.39 is 13.3 Å². The zero-order valence-corrected chi connectivity index (χ0v) is 24.1. The third-order valence-electron chi connectivity index (χ3n) is 2.87. The van der Waals surface area contributed by atoms with Gasteiger partial charge in [-0.1, -0.05) is 41.5 Å².